The molecule has 2 fully saturated rings. The molecule has 3 rings (SSSR count). The van der Waals surface area contributed by atoms with Gasteiger partial charge in [0.15, 0.2) is 0 Å². The number of carbonyl (C=O) groups excluding carboxylic acids is 1. The second kappa shape index (κ2) is 5.98. The van der Waals surface area contributed by atoms with Gasteiger partial charge < -0.3 is 9.32 Å². The molecule has 1 atom stereocenters. The van der Waals surface area contributed by atoms with Crippen LogP contribution >= 0.6 is 11.8 Å². The molecule has 0 bridgehead atoms. The van der Waals surface area contributed by atoms with Crippen LogP contribution in [0.2, 0.25) is 0 Å². The van der Waals surface area contributed by atoms with E-state index < -0.39 is 0 Å². The number of thioether (sulfide) groups is 1. The summed E-state index contributed by atoms with van der Waals surface area (Å²) < 4.78 is 5.36. The Kier molecular flexibility index (Phi) is 4.10. The standard InChI is InChI=1S/C13H19N3O2S/c17-13(12-9-19-10-14-12)16-5-3-15(4-6-16)8-11-2-1-7-18-11/h1-2,7,12,14H,3-6,8-10H2. The van der Waals surface area contributed by atoms with E-state index in [0.717, 1.165) is 50.1 Å². The number of rotatable bonds is 3. The van der Waals surface area contributed by atoms with Crippen molar-refractivity contribution in [3.63, 3.8) is 0 Å². The molecule has 0 radical (unpaired) electrons. The normalized spacial score (nSPS) is 24.8. The summed E-state index contributed by atoms with van der Waals surface area (Å²) in [5.41, 5.74) is 0. The highest BCUT2D eigenvalue weighted by Gasteiger charge is 2.29. The number of furan rings is 1. The molecule has 3 heterocycles. The maximum atomic E-state index is 12.2. The van der Waals surface area contributed by atoms with Crippen LogP contribution in [0.25, 0.3) is 0 Å². The predicted octanol–water partition coefficient (Wildman–Crippen LogP) is 0.586. The van der Waals surface area contributed by atoms with E-state index in [-0.39, 0.29) is 11.9 Å². The van der Waals surface area contributed by atoms with Gasteiger partial charge in [0, 0.05) is 37.8 Å². The molecule has 1 N–H and O–H groups in total. The zero-order valence-electron chi connectivity index (χ0n) is 10.9. The van der Waals surface area contributed by atoms with Crippen LogP contribution in [0.3, 0.4) is 0 Å². The molecule has 0 aliphatic carbocycles. The van der Waals surface area contributed by atoms with Crippen molar-refractivity contribution >= 4 is 17.7 Å². The zero-order chi connectivity index (χ0) is 13.1. The quantitative estimate of drug-likeness (QED) is 0.878. The fourth-order valence-corrected chi connectivity index (χ4v) is 3.46. The Morgan fingerprint density at radius 1 is 1.42 bits per heavy atom. The first kappa shape index (κ1) is 13.0. The second-order valence-electron chi connectivity index (χ2n) is 4.95. The summed E-state index contributed by atoms with van der Waals surface area (Å²) in [7, 11) is 0. The number of nitrogens with zero attached hydrogens (tertiary/aromatic N) is 2. The van der Waals surface area contributed by atoms with Gasteiger partial charge in [-0.3, -0.25) is 15.0 Å². The molecular formula is C13H19N3O2S. The van der Waals surface area contributed by atoms with Crippen molar-refractivity contribution in [3.05, 3.63) is 24.2 Å². The minimum Gasteiger partial charge on any atom is -0.468 e. The van der Waals surface area contributed by atoms with Gasteiger partial charge in [-0.25, -0.2) is 0 Å². The van der Waals surface area contributed by atoms with Gasteiger partial charge in [-0.1, -0.05) is 0 Å². The molecule has 0 aromatic carbocycles. The van der Waals surface area contributed by atoms with Crippen LogP contribution < -0.4 is 5.32 Å². The van der Waals surface area contributed by atoms with Gasteiger partial charge in [-0.15, -0.1) is 11.8 Å². The number of hydrogen-bond acceptors (Lipinski definition) is 5. The van der Waals surface area contributed by atoms with Crippen LogP contribution in [-0.4, -0.2) is 59.6 Å². The van der Waals surface area contributed by atoms with Crippen LogP contribution in [0, 0.1) is 0 Å². The molecule has 104 valence electrons. The van der Waals surface area contributed by atoms with Crippen LogP contribution in [0.15, 0.2) is 22.8 Å². The largest absolute Gasteiger partial charge is 0.468 e. The number of nitrogens with one attached hydrogen (secondary N) is 1. The summed E-state index contributed by atoms with van der Waals surface area (Å²) in [5, 5.41) is 3.24. The number of amides is 1. The van der Waals surface area contributed by atoms with E-state index in [2.05, 4.69) is 10.2 Å². The van der Waals surface area contributed by atoms with Gasteiger partial charge in [0.2, 0.25) is 5.91 Å². The number of carbonyl (C=O) groups is 1. The molecule has 0 saturated carbocycles. The summed E-state index contributed by atoms with van der Waals surface area (Å²) in [5.74, 6) is 3.07. The van der Waals surface area contributed by atoms with Gasteiger partial charge in [0.1, 0.15) is 5.76 Å². The first-order chi connectivity index (χ1) is 9.33. The monoisotopic (exact) mass is 281 g/mol. The highest BCUT2D eigenvalue weighted by atomic mass is 32.2. The smallest absolute Gasteiger partial charge is 0.240 e. The molecule has 0 spiro atoms. The first-order valence-electron chi connectivity index (χ1n) is 6.67. The maximum absolute atomic E-state index is 12.2. The van der Waals surface area contributed by atoms with Crippen molar-refractivity contribution in [2.45, 2.75) is 12.6 Å². The summed E-state index contributed by atoms with van der Waals surface area (Å²) in [6.07, 6.45) is 1.71. The van der Waals surface area contributed by atoms with Crippen molar-refractivity contribution in [1.82, 2.24) is 15.1 Å². The van der Waals surface area contributed by atoms with Crippen molar-refractivity contribution in [2.75, 3.05) is 37.8 Å². The summed E-state index contributed by atoms with van der Waals surface area (Å²) in [6, 6.07) is 3.94. The van der Waals surface area contributed by atoms with E-state index in [1.807, 2.05) is 17.0 Å². The summed E-state index contributed by atoms with van der Waals surface area (Å²) in [4.78, 5) is 16.6. The minimum absolute atomic E-state index is 0.0293. The van der Waals surface area contributed by atoms with E-state index in [4.69, 9.17) is 4.42 Å². The van der Waals surface area contributed by atoms with Crippen molar-refractivity contribution in [3.8, 4) is 0 Å². The zero-order valence-corrected chi connectivity index (χ0v) is 11.7. The Hall–Kier alpha value is -0.980. The molecule has 2 aliphatic rings. The predicted molar refractivity (Wildman–Crippen MR) is 74.8 cm³/mol. The lowest BCUT2D eigenvalue weighted by atomic mass is 10.2. The van der Waals surface area contributed by atoms with E-state index in [0.29, 0.717) is 0 Å². The fourth-order valence-electron chi connectivity index (χ4n) is 2.52. The van der Waals surface area contributed by atoms with Crippen LogP contribution in [0.4, 0.5) is 0 Å². The van der Waals surface area contributed by atoms with E-state index in [1.54, 1.807) is 18.0 Å². The Morgan fingerprint density at radius 2 is 2.26 bits per heavy atom. The average molecular weight is 281 g/mol. The van der Waals surface area contributed by atoms with Crippen molar-refractivity contribution in [2.24, 2.45) is 0 Å². The third-order valence-electron chi connectivity index (χ3n) is 3.66. The van der Waals surface area contributed by atoms with Gasteiger partial charge in [0.25, 0.3) is 0 Å². The second-order valence-corrected chi connectivity index (χ2v) is 5.98. The van der Waals surface area contributed by atoms with Crippen LogP contribution in [0.5, 0.6) is 0 Å². The highest BCUT2D eigenvalue weighted by molar-refractivity contribution is 7.99. The maximum Gasteiger partial charge on any atom is 0.240 e. The van der Waals surface area contributed by atoms with Gasteiger partial charge in [-0.05, 0) is 12.1 Å². The molecule has 1 unspecified atom stereocenters. The third-order valence-corrected chi connectivity index (χ3v) is 4.60. The molecule has 19 heavy (non-hydrogen) atoms. The van der Waals surface area contributed by atoms with Gasteiger partial charge in [0.05, 0.1) is 18.8 Å². The first-order valence-corrected chi connectivity index (χ1v) is 7.83. The van der Waals surface area contributed by atoms with Crippen LogP contribution in [0.1, 0.15) is 5.76 Å². The molecule has 6 heteroatoms. The molecule has 1 aromatic rings. The Bertz CT molecular complexity index is 410. The lowest BCUT2D eigenvalue weighted by molar-refractivity contribution is -0.134. The number of piperazine rings is 1. The molecule has 1 aromatic heterocycles. The molecular weight excluding hydrogens is 262 g/mol. The Labute approximate surface area is 117 Å². The van der Waals surface area contributed by atoms with E-state index in [9.17, 15) is 4.79 Å². The minimum atomic E-state index is 0.0293. The van der Waals surface area contributed by atoms with Crippen molar-refractivity contribution in [1.29, 1.82) is 0 Å². The fraction of sp³-hybridized carbons (Fsp3) is 0.615. The molecule has 2 aliphatic heterocycles. The van der Waals surface area contributed by atoms with E-state index >= 15 is 0 Å². The summed E-state index contributed by atoms with van der Waals surface area (Å²) in [6.45, 7) is 4.33. The Morgan fingerprint density at radius 3 is 2.89 bits per heavy atom. The topological polar surface area (TPSA) is 48.7 Å². The summed E-state index contributed by atoms with van der Waals surface area (Å²) >= 11 is 1.80. The van der Waals surface area contributed by atoms with Crippen molar-refractivity contribution < 1.29 is 9.21 Å². The average Bonchev–Trinajstić information content (AvgIpc) is 3.12. The Balaban J connectivity index is 1.47. The van der Waals surface area contributed by atoms with E-state index in [1.165, 1.54) is 0 Å². The lowest BCUT2D eigenvalue weighted by Crippen LogP contribution is -2.53. The van der Waals surface area contributed by atoms with Gasteiger partial charge >= 0.3 is 0 Å². The molecule has 2 saturated heterocycles. The molecule has 1 amide bonds. The SMILES string of the molecule is O=C(C1CSCN1)N1CCN(Cc2ccco2)CC1. The molecule has 5 nitrogen and oxygen atoms in total. The lowest BCUT2D eigenvalue weighted by Gasteiger charge is -2.35. The van der Waals surface area contributed by atoms with Crippen LogP contribution in [-0.2, 0) is 11.3 Å². The number of hydrogen-bond donors (Lipinski definition) is 1. The third kappa shape index (κ3) is 3.13. The highest BCUT2D eigenvalue weighted by Crippen LogP contribution is 2.14. The van der Waals surface area contributed by atoms with Gasteiger partial charge in [-0.2, -0.15) is 0 Å².